The Labute approximate surface area is 207 Å². The van der Waals surface area contributed by atoms with Gasteiger partial charge in [0, 0.05) is 30.1 Å². The van der Waals surface area contributed by atoms with Crippen LogP contribution in [0.4, 0.5) is 0 Å². The van der Waals surface area contributed by atoms with Gasteiger partial charge in [-0.3, -0.25) is 4.79 Å². The van der Waals surface area contributed by atoms with E-state index in [0.717, 1.165) is 11.1 Å². The van der Waals surface area contributed by atoms with E-state index >= 15 is 0 Å². The summed E-state index contributed by atoms with van der Waals surface area (Å²) in [5.41, 5.74) is 1.77. The van der Waals surface area contributed by atoms with Gasteiger partial charge in [0.1, 0.15) is 5.75 Å². The summed E-state index contributed by atoms with van der Waals surface area (Å²) in [6.07, 6.45) is 0.400. The van der Waals surface area contributed by atoms with Crippen molar-refractivity contribution in [1.29, 1.82) is 0 Å². The molecule has 0 atom stereocenters. The monoisotopic (exact) mass is 491 g/mol. The Morgan fingerprint density at radius 1 is 1.00 bits per heavy atom. The van der Waals surface area contributed by atoms with Gasteiger partial charge in [-0.15, -0.1) is 0 Å². The lowest BCUT2D eigenvalue weighted by molar-refractivity contribution is -0.134. The standard InChI is InChI=1S/C26H22ClN3O5/c27-20-7-9-21(10-8-20)32-16-25(31)30(15-18-4-2-1-3-5-18)13-12-24-28-26(29-35-24)19-6-11-22-23(14-19)34-17-33-22/h1-11,14H,12-13,15-17H2. The lowest BCUT2D eigenvalue weighted by Gasteiger charge is -2.22. The fraction of sp³-hybridized carbons (Fsp3) is 0.192. The molecule has 178 valence electrons. The fourth-order valence-corrected chi connectivity index (χ4v) is 3.73. The number of fused-ring (bicyclic) bond motifs is 1. The van der Waals surface area contributed by atoms with Gasteiger partial charge in [-0.2, -0.15) is 4.98 Å². The van der Waals surface area contributed by atoms with Gasteiger partial charge in [0.15, 0.2) is 18.1 Å². The van der Waals surface area contributed by atoms with Gasteiger partial charge < -0.3 is 23.6 Å². The molecule has 0 unspecified atom stereocenters. The Hall–Kier alpha value is -4.04. The molecule has 0 spiro atoms. The van der Waals surface area contributed by atoms with Gasteiger partial charge >= 0.3 is 0 Å². The molecule has 3 aromatic carbocycles. The summed E-state index contributed by atoms with van der Waals surface area (Å²) in [5, 5.41) is 4.69. The molecule has 0 saturated carbocycles. The minimum Gasteiger partial charge on any atom is -0.484 e. The zero-order valence-corrected chi connectivity index (χ0v) is 19.5. The van der Waals surface area contributed by atoms with Gasteiger partial charge in [0.2, 0.25) is 18.5 Å². The molecule has 35 heavy (non-hydrogen) atoms. The number of ether oxygens (including phenoxy) is 3. The third-order valence-corrected chi connectivity index (χ3v) is 5.69. The minimum absolute atomic E-state index is 0.0965. The number of hydrogen-bond donors (Lipinski definition) is 0. The highest BCUT2D eigenvalue weighted by Gasteiger charge is 2.19. The second kappa shape index (κ2) is 10.5. The number of benzene rings is 3. The van der Waals surface area contributed by atoms with Gasteiger partial charge in [0.05, 0.1) is 0 Å². The average molecular weight is 492 g/mol. The van der Waals surface area contributed by atoms with Crippen LogP contribution in [0.25, 0.3) is 11.4 Å². The lowest BCUT2D eigenvalue weighted by atomic mass is 10.2. The Morgan fingerprint density at radius 2 is 1.80 bits per heavy atom. The van der Waals surface area contributed by atoms with Gasteiger partial charge in [-0.05, 0) is 48.0 Å². The van der Waals surface area contributed by atoms with E-state index in [9.17, 15) is 4.79 Å². The summed E-state index contributed by atoms with van der Waals surface area (Å²) in [5.74, 6) is 2.64. The molecule has 1 aliphatic rings. The Bertz CT molecular complexity index is 1290. The topological polar surface area (TPSA) is 86.9 Å². The summed E-state index contributed by atoms with van der Waals surface area (Å²) < 4.78 is 21.9. The highest BCUT2D eigenvalue weighted by Crippen LogP contribution is 2.35. The fourth-order valence-electron chi connectivity index (χ4n) is 3.60. The summed E-state index contributed by atoms with van der Waals surface area (Å²) in [4.78, 5) is 19.2. The van der Waals surface area contributed by atoms with E-state index in [1.165, 1.54) is 0 Å². The second-order valence-corrected chi connectivity index (χ2v) is 8.31. The van der Waals surface area contributed by atoms with Crippen LogP contribution in [0.1, 0.15) is 11.5 Å². The molecule has 1 aromatic heterocycles. The maximum absolute atomic E-state index is 13.0. The van der Waals surface area contributed by atoms with E-state index in [2.05, 4.69) is 10.1 Å². The van der Waals surface area contributed by atoms with Crippen LogP contribution in [0.15, 0.2) is 77.3 Å². The molecule has 0 N–H and O–H groups in total. The van der Waals surface area contributed by atoms with Crippen LogP contribution in [0, 0.1) is 0 Å². The van der Waals surface area contributed by atoms with Crippen LogP contribution < -0.4 is 14.2 Å². The molecular formula is C26H22ClN3O5. The molecule has 2 heterocycles. The number of amides is 1. The quantitative estimate of drug-likeness (QED) is 0.333. The van der Waals surface area contributed by atoms with E-state index in [1.807, 2.05) is 48.5 Å². The number of halogens is 1. The number of rotatable bonds is 9. The van der Waals surface area contributed by atoms with E-state index in [4.69, 9.17) is 30.3 Å². The van der Waals surface area contributed by atoms with Crippen molar-refractivity contribution in [2.75, 3.05) is 19.9 Å². The maximum Gasteiger partial charge on any atom is 0.260 e. The molecular weight excluding hydrogens is 470 g/mol. The van der Waals surface area contributed by atoms with Crippen molar-refractivity contribution in [2.45, 2.75) is 13.0 Å². The molecule has 1 amide bonds. The Balaban J connectivity index is 1.25. The highest BCUT2D eigenvalue weighted by atomic mass is 35.5. The van der Waals surface area contributed by atoms with Crippen LogP contribution in [0.3, 0.4) is 0 Å². The largest absolute Gasteiger partial charge is 0.484 e. The SMILES string of the molecule is O=C(COc1ccc(Cl)cc1)N(CCc1nc(-c2ccc3c(c2)OCO3)no1)Cc1ccccc1. The normalized spacial score (nSPS) is 11.9. The number of nitrogens with zero attached hydrogens (tertiary/aromatic N) is 3. The predicted octanol–water partition coefficient (Wildman–Crippen LogP) is 4.77. The first kappa shape index (κ1) is 22.7. The molecule has 5 rings (SSSR count). The molecule has 0 bridgehead atoms. The van der Waals surface area contributed by atoms with Crippen molar-refractivity contribution < 1.29 is 23.5 Å². The van der Waals surface area contributed by atoms with E-state index in [-0.39, 0.29) is 19.3 Å². The molecule has 9 heteroatoms. The van der Waals surface area contributed by atoms with Crippen molar-refractivity contribution in [3.8, 4) is 28.6 Å². The lowest BCUT2D eigenvalue weighted by Crippen LogP contribution is -2.36. The van der Waals surface area contributed by atoms with Crippen LogP contribution >= 0.6 is 11.6 Å². The first-order valence-electron chi connectivity index (χ1n) is 11.1. The van der Waals surface area contributed by atoms with E-state index in [1.54, 1.807) is 29.2 Å². The van der Waals surface area contributed by atoms with Gasteiger partial charge in [-0.25, -0.2) is 0 Å². The van der Waals surface area contributed by atoms with Crippen molar-refractivity contribution in [2.24, 2.45) is 0 Å². The number of carbonyl (C=O) groups excluding carboxylic acids is 1. The summed E-state index contributed by atoms with van der Waals surface area (Å²) in [6, 6.07) is 22.2. The van der Waals surface area contributed by atoms with Crippen LogP contribution in [0.5, 0.6) is 17.2 Å². The number of aromatic nitrogens is 2. The van der Waals surface area contributed by atoms with Crippen LogP contribution in [-0.4, -0.2) is 40.9 Å². The summed E-state index contributed by atoms with van der Waals surface area (Å²) in [7, 11) is 0. The first-order chi connectivity index (χ1) is 17.1. The van der Waals surface area contributed by atoms with Gasteiger partial charge in [0.25, 0.3) is 5.91 Å². The van der Waals surface area contributed by atoms with Crippen molar-refractivity contribution in [3.63, 3.8) is 0 Å². The van der Waals surface area contributed by atoms with Crippen molar-refractivity contribution in [1.82, 2.24) is 15.0 Å². The molecule has 8 nitrogen and oxygen atoms in total. The zero-order chi connectivity index (χ0) is 24.0. The highest BCUT2D eigenvalue weighted by molar-refractivity contribution is 6.30. The zero-order valence-electron chi connectivity index (χ0n) is 18.7. The maximum atomic E-state index is 13.0. The number of carbonyl (C=O) groups is 1. The third-order valence-electron chi connectivity index (χ3n) is 5.44. The number of hydrogen-bond acceptors (Lipinski definition) is 7. The van der Waals surface area contributed by atoms with Crippen LogP contribution in [-0.2, 0) is 17.8 Å². The summed E-state index contributed by atoms with van der Waals surface area (Å²) in [6.45, 7) is 0.928. The first-order valence-corrected chi connectivity index (χ1v) is 11.4. The third kappa shape index (κ3) is 5.73. The summed E-state index contributed by atoms with van der Waals surface area (Å²) >= 11 is 5.92. The van der Waals surface area contributed by atoms with E-state index in [0.29, 0.717) is 53.5 Å². The smallest absolute Gasteiger partial charge is 0.260 e. The molecule has 0 radical (unpaired) electrons. The Kier molecular flexibility index (Phi) is 6.81. The van der Waals surface area contributed by atoms with Crippen LogP contribution in [0.2, 0.25) is 5.02 Å². The van der Waals surface area contributed by atoms with Gasteiger partial charge in [-0.1, -0.05) is 47.1 Å². The molecule has 1 aliphatic heterocycles. The molecule has 0 saturated heterocycles. The van der Waals surface area contributed by atoms with Crippen molar-refractivity contribution in [3.05, 3.63) is 89.3 Å². The predicted molar refractivity (Wildman–Crippen MR) is 128 cm³/mol. The molecule has 0 fully saturated rings. The molecule has 0 aliphatic carbocycles. The van der Waals surface area contributed by atoms with Crippen molar-refractivity contribution >= 4 is 17.5 Å². The molecule has 4 aromatic rings. The van der Waals surface area contributed by atoms with E-state index < -0.39 is 0 Å². The Morgan fingerprint density at radius 3 is 2.63 bits per heavy atom. The minimum atomic E-state index is -0.153. The second-order valence-electron chi connectivity index (χ2n) is 7.87. The average Bonchev–Trinajstić information content (AvgIpc) is 3.56.